The van der Waals surface area contributed by atoms with Crippen LogP contribution in [0.15, 0.2) is 48.5 Å². The molecule has 2 nitrogen and oxygen atoms in total. The second-order valence-corrected chi connectivity index (χ2v) is 3.67. The second-order valence-electron chi connectivity index (χ2n) is 3.67. The lowest BCUT2D eigenvalue weighted by Crippen LogP contribution is -1.92. The Kier molecular flexibility index (Phi) is 2.59. The number of nitrogen functional groups attached to an aromatic ring is 2. The van der Waals surface area contributed by atoms with Gasteiger partial charge in [0.2, 0.25) is 0 Å². The molecule has 0 aromatic heterocycles. The lowest BCUT2D eigenvalue weighted by molar-refractivity contribution is 1.20. The van der Waals surface area contributed by atoms with Gasteiger partial charge >= 0.3 is 0 Å². The second kappa shape index (κ2) is 4.05. The minimum Gasteiger partial charge on any atom is -0.399 e. The molecular weight excluding hydrogens is 184 g/mol. The molecule has 0 heterocycles. The van der Waals surface area contributed by atoms with Gasteiger partial charge in [-0.2, -0.15) is 0 Å². The first-order valence-corrected chi connectivity index (χ1v) is 4.93. The fourth-order valence-electron chi connectivity index (χ4n) is 1.64. The van der Waals surface area contributed by atoms with Gasteiger partial charge in [-0.05, 0) is 41.8 Å². The summed E-state index contributed by atoms with van der Waals surface area (Å²) in [7, 11) is 0. The Morgan fingerprint density at radius 3 is 1.60 bits per heavy atom. The van der Waals surface area contributed by atoms with Crippen LogP contribution in [-0.2, 0) is 6.42 Å². The van der Waals surface area contributed by atoms with E-state index < -0.39 is 0 Å². The lowest BCUT2D eigenvalue weighted by Gasteiger charge is -2.03. The van der Waals surface area contributed by atoms with Crippen molar-refractivity contribution in [1.82, 2.24) is 0 Å². The zero-order chi connectivity index (χ0) is 10.7. The van der Waals surface area contributed by atoms with Crippen molar-refractivity contribution in [2.45, 2.75) is 6.42 Å². The van der Waals surface area contributed by atoms with E-state index in [0.717, 1.165) is 17.8 Å². The van der Waals surface area contributed by atoms with E-state index in [2.05, 4.69) is 12.1 Å². The van der Waals surface area contributed by atoms with E-state index in [-0.39, 0.29) is 0 Å². The molecule has 2 heteroatoms. The Bertz CT molecular complexity index is 420. The average Bonchev–Trinajstić information content (AvgIpc) is 2.17. The summed E-state index contributed by atoms with van der Waals surface area (Å²) < 4.78 is 0. The number of hydrogen-bond acceptors (Lipinski definition) is 2. The number of hydrogen-bond donors (Lipinski definition) is 2. The van der Waals surface area contributed by atoms with Crippen LogP contribution in [-0.4, -0.2) is 0 Å². The van der Waals surface area contributed by atoms with E-state index in [1.807, 2.05) is 36.4 Å². The van der Waals surface area contributed by atoms with Gasteiger partial charge in [0, 0.05) is 11.4 Å². The number of rotatable bonds is 2. The molecule has 4 N–H and O–H groups in total. The molecule has 0 aliphatic rings. The highest BCUT2D eigenvalue weighted by atomic mass is 14.5. The van der Waals surface area contributed by atoms with Crippen LogP contribution in [0.1, 0.15) is 11.1 Å². The molecule has 0 radical (unpaired) electrons. The van der Waals surface area contributed by atoms with Gasteiger partial charge in [0.15, 0.2) is 0 Å². The normalized spacial score (nSPS) is 10.1. The SMILES string of the molecule is Nc1cccc(Cc2cccc(N)c2)c1. The summed E-state index contributed by atoms with van der Waals surface area (Å²) in [5.74, 6) is 0. The van der Waals surface area contributed by atoms with Gasteiger partial charge in [-0.15, -0.1) is 0 Å². The Morgan fingerprint density at radius 1 is 0.733 bits per heavy atom. The van der Waals surface area contributed by atoms with E-state index in [4.69, 9.17) is 11.5 Å². The van der Waals surface area contributed by atoms with E-state index in [9.17, 15) is 0 Å². The molecule has 0 saturated heterocycles. The first kappa shape index (κ1) is 9.59. The van der Waals surface area contributed by atoms with E-state index in [0.29, 0.717) is 0 Å². The number of benzene rings is 2. The van der Waals surface area contributed by atoms with Crippen molar-refractivity contribution < 1.29 is 0 Å². The molecule has 0 fully saturated rings. The van der Waals surface area contributed by atoms with Crippen molar-refractivity contribution in [2.24, 2.45) is 0 Å². The van der Waals surface area contributed by atoms with Gasteiger partial charge in [-0.3, -0.25) is 0 Å². The summed E-state index contributed by atoms with van der Waals surface area (Å²) >= 11 is 0. The summed E-state index contributed by atoms with van der Waals surface area (Å²) in [5, 5.41) is 0. The van der Waals surface area contributed by atoms with Crippen LogP contribution in [0.25, 0.3) is 0 Å². The van der Waals surface area contributed by atoms with Gasteiger partial charge in [0.05, 0.1) is 0 Å². The van der Waals surface area contributed by atoms with Crippen LogP contribution in [0.4, 0.5) is 11.4 Å². The van der Waals surface area contributed by atoms with E-state index in [1.54, 1.807) is 0 Å². The highest BCUT2D eigenvalue weighted by Gasteiger charge is 1.97. The molecule has 0 bridgehead atoms. The third-order valence-electron chi connectivity index (χ3n) is 2.31. The Labute approximate surface area is 89.5 Å². The minimum absolute atomic E-state index is 0.802. The van der Waals surface area contributed by atoms with Gasteiger partial charge in [0.1, 0.15) is 0 Å². The quantitative estimate of drug-likeness (QED) is 0.728. The predicted octanol–water partition coefficient (Wildman–Crippen LogP) is 2.44. The molecule has 0 unspecified atom stereocenters. The van der Waals surface area contributed by atoms with Crippen molar-refractivity contribution >= 4 is 11.4 Å². The topological polar surface area (TPSA) is 52.0 Å². The van der Waals surface area contributed by atoms with Crippen molar-refractivity contribution in [3.05, 3.63) is 59.7 Å². The summed E-state index contributed by atoms with van der Waals surface area (Å²) in [5.41, 5.74) is 15.5. The molecule has 0 amide bonds. The minimum atomic E-state index is 0.802. The third-order valence-corrected chi connectivity index (χ3v) is 2.31. The summed E-state index contributed by atoms with van der Waals surface area (Å²) in [6.45, 7) is 0. The highest BCUT2D eigenvalue weighted by molar-refractivity contribution is 5.45. The van der Waals surface area contributed by atoms with Gasteiger partial charge in [-0.1, -0.05) is 24.3 Å². The van der Waals surface area contributed by atoms with Crippen molar-refractivity contribution in [2.75, 3.05) is 11.5 Å². The molecule has 0 aliphatic heterocycles. The monoisotopic (exact) mass is 198 g/mol. The molecule has 2 aromatic carbocycles. The molecule has 2 rings (SSSR count). The van der Waals surface area contributed by atoms with Crippen molar-refractivity contribution in [3.8, 4) is 0 Å². The summed E-state index contributed by atoms with van der Waals surface area (Å²) in [6, 6.07) is 15.8. The molecule has 0 spiro atoms. The van der Waals surface area contributed by atoms with Gasteiger partial charge in [0.25, 0.3) is 0 Å². The highest BCUT2D eigenvalue weighted by Crippen LogP contribution is 2.14. The van der Waals surface area contributed by atoms with Crippen molar-refractivity contribution in [3.63, 3.8) is 0 Å². The maximum atomic E-state index is 5.72. The van der Waals surface area contributed by atoms with Crippen molar-refractivity contribution in [1.29, 1.82) is 0 Å². The maximum Gasteiger partial charge on any atom is 0.0316 e. The first-order valence-electron chi connectivity index (χ1n) is 4.93. The Morgan fingerprint density at radius 2 is 1.20 bits per heavy atom. The average molecular weight is 198 g/mol. The fourth-order valence-corrected chi connectivity index (χ4v) is 1.64. The van der Waals surface area contributed by atoms with Crippen LogP contribution in [0.5, 0.6) is 0 Å². The van der Waals surface area contributed by atoms with E-state index in [1.165, 1.54) is 11.1 Å². The first-order chi connectivity index (χ1) is 7.24. The molecule has 0 aliphatic carbocycles. The molecule has 0 saturated carbocycles. The molecule has 0 atom stereocenters. The van der Waals surface area contributed by atoms with Crippen LogP contribution in [0.2, 0.25) is 0 Å². The molecule has 76 valence electrons. The van der Waals surface area contributed by atoms with Crippen LogP contribution in [0.3, 0.4) is 0 Å². The largest absolute Gasteiger partial charge is 0.399 e. The fraction of sp³-hybridized carbons (Fsp3) is 0.0769. The number of nitrogens with two attached hydrogens (primary N) is 2. The molecular formula is C13H14N2. The van der Waals surface area contributed by atoms with Crippen LogP contribution >= 0.6 is 0 Å². The van der Waals surface area contributed by atoms with Gasteiger partial charge in [-0.25, -0.2) is 0 Å². The molecule has 15 heavy (non-hydrogen) atoms. The Balaban J connectivity index is 2.22. The summed E-state index contributed by atoms with van der Waals surface area (Å²) in [4.78, 5) is 0. The maximum absolute atomic E-state index is 5.72. The predicted molar refractivity (Wildman–Crippen MR) is 64.5 cm³/mol. The zero-order valence-electron chi connectivity index (χ0n) is 8.48. The number of anilines is 2. The third kappa shape index (κ3) is 2.50. The van der Waals surface area contributed by atoms with Crippen LogP contribution < -0.4 is 11.5 Å². The Hall–Kier alpha value is -1.96. The molecule has 2 aromatic rings. The smallest absolute Gasteiger partial charge is 0.0316 e. The zero-order valence-corrected chi connectivity index (χ0v) is 8.48. The lowest BCUT2D eigenvalue weighted by atomic mass is 10.0. The van der Waals surface area contributed by atoms with Crippen LogP contribution in [0, 0.1) is 0 Å². The van der Waals surface area contributed by atoms with Gasteiger partial charge < -0.3 is 11.5 Å². The van der Waals surface area contributed by atoms with E-state index >= 15 is 0 Å². The standard InChI is InChI=1S/C13H14N2/c14-12-5-1-3-10(8-12)7-11-4-2-6-13(15)9-11/h1-6,8-9H,7,14-15H2. The summed E-state index contributed by atoms with van der Waals surface area (Å²) in [6.07, 6.45) is 0.871.